The van der Waals surface area contributed by atoms with Gasteiger partial charge in [0.1, 0.15) is 0 Å². The fraction of sp³-hybridized carbons (Fsp3) is 0.222. The Kier molecular flexibility index (Phi) is 4.79. The Morgan fingerprint density at radius 1 is 1.47 bits per heavy atom. The van der Waals surface area contributed by atoms with Crippen molar-refractivity contribution in [1.29, 1.82) is 0 Å². The van der Waals surface area contributed by atoms with Crippen LogP contribution in [0.25, 0.3) is 0 Å². The molecule has 0 radical (unpaired) electrons. The first-order valence-corrected chi connectivity index (χ1v) is 7.30. The number of rotatable bonds is 5. The molecule has 0 saturated carbocycles. The third-order valence-electron chi connectivity index (χ3n) is 1.78. The van der Waals surface area contributed by atoms with E-state index < -0.39 is 28.2 Å². The van der Waals surface area contributed by atoms with Crippen molar-refractivity contribution in [3.63, 3.8) is 0 Å². The molecule has 0 bridgehead atoms. The van der Waals surface area contributed by atoms with Gasteiger partial charge in [0, 0.05) is 9.50 Å². The minimum Gasteiger partial charge on any atom is -0.481 e. The molecular formula is C9H9BrClNO4S. The molecule has 17 heavy (non-hydrogen) atoms. The Labute approximate surface area is 112 Å². The van der Waals surface area contributed by atoms with Gasteiger partial charge in [-0.3, -0.25) is 9.52 Å². The van der Waals surface area contributed by atoms with Crippen molar-refractivity contribution in [3.8, 4) is 0 Å². The van der Waals surface area contributed by atoms with E-state index in [1.54, 1.807) is 12.1 Å². The summed E-state index contributed by atoms with van der Waals surface area (Å²) in [6, 6.07) is 4.63. The molecule has 1 rings (SSSR count). The lowest BCUT2D eigenvalue weighted by molar-refractivity contribution is -0.136. The average molecular weight is 343 g/mol. The molecule has 2 N–H and O–H groups in total. The molecule has 0 aliphatic carbocycles. The molecule has 0 fully saturated rings. The minimum absolute atomic E-state index is 0.280. The van der Waals surface area contributed by atoms with E-state index in [2.05, 4.69) is 20.7 Å². The van der Waals surface area contributed by atoms with E-state index in [0.29, 0.717) is 9.50 Å². The van der Waals surface area contributed by atoms with Crippen molar-refractivity contribution < 1.29 is 18.3 Å². The highest BCUT2D eigenvalue weighted by atomic mass is 79.9. The minimum atomic E-state index is -3.69. The number of benzene rings is 1. The van der Waals surface area contributed by atoms with E-state index in [1.807, 2.05) is 0 Å². The quantitative estimate of drug-likeness (QED) is 0.860. The van der Waals surface area contributed by atoms with Gasteiger partial charge in [0.25, 0.3) is 0 Å². The lowest BCUT2D eigenvalue weighted by atomic mass is 10.3. The van der Waals surface area contributed by atoms with Crippen LogP contribution in [0.2, 0.25) is 5.02 Å². The van der Waals surface area contributed by atoms with E-state index in [1.165, 1.54) is 6.07 Å². The molecule has 94 valence electrons. The zero-order valence-corrected chi connectivity index (χ0v) is 11.6. The molecule has 0 saturated heterocycles. The fourth-order valence-corrected chi connectivity index (χ4v) is 2.71. The van der Waals surface area contributed by atoms with E-state index in [0.717, 1.165) is 0 Å². The highest BCUT2D eigenvalue weighted by molar-refractivity contribution is 9.10. The summed E-state index contributed by atoms with van der Waals surface area (Å²) in [6.45, 7) is 0. The molecule has 0 amide bonds. The summed E-state index contributed by atoms with van der Waals surface area (Å²) in [5.74, 6) is -1.65. The van der Waals surface area contributed by atoms with E-state index in [9.17, 15) is 13.2 Å². The van der Waals surface area contributed by atoms with Crippen LogP contribution in [0.4, 0.5) is 5.69 Å². The van der Waals surface area contributed by atoms with E-state index in [4.69, 9.17) is 16.7 Å². The topological polar surface area (TPSA) is 83.5 Å². The normalized spacial score (nSPS) is 11.2. The molecule has 0 heterocycles. The highest BCUT2D eigenvalue weighted by Crippen LogP contribution is 2.26. The standard InChI is InChI=1S/C9H9BrClNO4S/c10-7-2-1-6(11)5-8(7)12-17(15,16)4-3-9(13)14/h1-2,5,12H,3-4H2,(H,13,14). The number of sulfonamides is 1. The first kappa shape index (κ1) is 14.3. The Hall–Kier alpha value is -0.790. The van der Waals surface area contributed by atoms with Crippen LogP contribution in [0.15, 0.2) is 22.7 Å². The fourth-order valence-electron chi connectivity index (χ4n) is 1.02. The monoisotopic (exact) mass is 341 g/mol. The SMILES string of the molecule is O=C(O)CCS(=O)(=O)Nc1cc(Cl)ccc1Br. The Morgan fingerprint density at radius 2 is 2.12 bits per heavy atom. The average Bonchev–Trinajstić information content (AvgIpc) is 2.20. The molecule has 1 aromatic rings. The number of hydrogen-bond donors (Lipinski definition) is 2. The largest absolute Gasteiger partial charge is 0.481 e. The van der Waals surface area contributed by atoms with Gasteiger partial charge < -0.3 is 5.11 Å². The molecule has 5 nitrogen and oxygen atoms in total. The predicted octanol–water partition coefficient (Wildman–Crippen LogP) is 2.32. The number of aliphatic carboxylic acids is 1. The van der Waals surface area contributed by atoms with Crippen LogP contribution in [0.3, 0.4) is 0 Å². The molecule has 0 spiro atoms. The van der Waals surface area contributed by atoms with Crippen LogP contribution >= 0.6 is 27.5 Å². The second-order valence-corrected chi connectivity index (χ2v) is 6.32. The predicted molar refractivity (Wildman–Crippen MR) is 68.8 cm³/mol. The molecule has 0 unspecified atom stereocenters. The third kappa shape index (κ3) is 4.93. The van der Waals surface area contributed by atoms with E-state index >= 15 is 0 Å². The van der Waals surface area contributed by atoms with Crippen molar-refractivity contribution in [1.82, 2.24) is 0 Å². The van der Waals surface area contributed by atoms with Gasteiger partial charge in [0.05, 0.1) is 17.9 Å². The van der Waals surface area contributed by atoms with Crippen molar-refractivity contribution in [3.05, 3.63) is 27.7 Å². The zero-order valence-electron chi connectivity index (χ0n) is 8.48. The first-order valence-electron chi connectivity index (χ1n) is 4.47. The summed E-state index contributed by atoms with van der Waals surface area (Å²) in [5, 5.41) is 8.80. The van der Waals surface area contributed by atoms with Crippen LogP contribution in [0, 0.1) is 0 Å². The Morgan fingerprint density at radius 3 is 2.71 bits per heavy atom. The summed E-state index contributed by atoms with van der Waals surface area (Å²) in [4.78, 5) is 10.3. The Bertz CT molecular complexity index is 532. The van der Waals surface area contributed by atoms with Gasteiger partial charge in [-0.15, -0.1) is 0 Å². The second-order valence-electron chi connectivity index (χ2n) is 3.19. The number of carboxylic acids is 1. The van der Waals surface area contributed by atoms with Crippen molar-refractivity contribution in [2.24, 2.45) is 0 Å². The van der Waals surface area contributed by atoms with Crippen molar-refractivity contribution in [2.45, 2.75) is 6.42 Å². The highest BCUT2D eigenvalue weighted by Gasteiger charge is 2.14. The van der Waals surface area contributed by atoms with Gasteiger partial charge in [-0.25, -0.2) is 8.42 Å². The van der Waals surface area contributed by atoms with Gasteiger partial charge in [0.2, 0.25) is 10.0 Å². The van der Waals surface area contributed by atoms with Crippen LogP contribution in [0.1, 0.15) is 6.42 Å². The summed E-state index contributed by atoms with van der Waals surface area (Å²) in [5.41, 5.74) is 0.280. The molecule has 8 heteroatoms. The van der Waals surface area contributed by atoms with Crippen molar-refractivity contribution >= 4 is 49.2 Å². The zero-order chi connectivity index (χ0) is 13.1. The molecule has 0 aliphatic rings. The van der Waals surface area contributed by atoms with E-state index in [-0.39, 0.29) is 5.69 Å². The van der Waals surface area contributed by atoms with Gasteiger partial charge in [-0.2, -0.15) is 0 Å². The molecule has 0 aromatic heterocycles. The molecule has 1 aromatic carbocycles. The van der Waals surface area contributed by atoms with Crippen LogP contribution < -0.4 is 4.72 Å². The number of nitrogens with one attached hydrogen (secondary N) is 1. The smallest absolute Gasteiger partial charge is 0.304 e. The number of hydrogen-bond acceptors (Lipinski definition) is 3. The maximum Gasteiger partial charge on any atom is 0.304 e. The summed E-state index contributed by atoms with van der Waals surface area (Å²) in [6.07, 6.45) is -0.451. The molecular weight excluding hydrogens is 334 g/mol. The van der Waals surface area contributed by atoms with Gasteiger partial charge >= 0.3 is 5.97 Å². The third-order valence-corrected chi connectivity index (χ3v) is 3.98. The summed E-state index contributed by atoms with van der Waals surface area (Å²) >= 11 is 8.88. The number of halogens is 2. The van der Waals surface area contributed by atoms with Crippen LogP contribution in [-0.4, -0.2) is 25.2 Å². The summed E-state index contributed by atoms with van der Waals surface area (Å²) in [7, 11) is -3.69. The molecule has 0 atom stereocenters. The summed E-state index contributed by atoms with van der Waals surface area (Å²) < 4.78 is 25.8. The lowest BCUT2D eigenvalue weighted by Crippen LogP contribution is -2.19. The maximum absolute atomic E-state index is 11.5. The van der Waals surface area contributed by atoms with Gasteiger partial charge in [0.15, 0.2) is 0 Å². The first-order chi connectivity index (χ1) is 7.80. The number of carbonyl (C=O) groups is 1. The number of carboxylic acid groups (broad SMARTS) is 1. The number of anilines is 1. The maximum atomic E-state index is 11.5. The lowest BCUT2D eigenvalue weighted by Gasteiger charge is -2.09. The van der Waals surface area contributed by atoms with Gasteiger partial charge in [-0.05, 0) is 34.1 Å². The van der Waals surface area contributed by atoms with Crippen LogP contribution in [-0.2, 0) is 14.8 Å². The molecule has 0 aliphatic heterocycles. The van der Waals surface area contributed by atoms with Crippen LogP contribution in [0.5, 0.6) is 0 Å². The van der Waals surface area contributed by atoms with Gasteiger partial charge in [-0.1, -0.05) is 11.6 Å². The van der Waals surface area contributed by atoms with Crippen molar-refractivity contribution in [2.75, 3.05) is 10.5 Å². The second kappa shape index (κ2) is 5.70. The Balaban J connectivity index is 2.83.